The molecule has 4 nitrogen and oxygen atoms in total. The molecule has 1 amide bonds. The summed E-state index contributed by atoms with van der Waals surface area (Å²) in [6, 6.07) is 7.59. The Morgan fingerprint density at radius 3 is 3.11 bits per heavy atom. The lowest BCUT2D eigenvalue weighted by atomic mass is 10.3. The second-order valence-corrected chi connectivity index (χ2v) is 5.81. The monoisotopic (exact) mass is 366 g/mol. The average Bonchev–Trinajstić information content (AvgIpc) is 2.88. The maximum Gasteiger partial charge on any atom is 0.238 e. The highest BCUT2D eigenvalue weighted by Gasteiger charge is 2.21. The van der Waals surface area contributed by atoms with Crippen LogP contribution in [0.3, 0.4) is 0 Å². The fourth-order valence-electron chi connectivity index (χ4n) is 1.59. The Hall–Kier alpha value is -0.430. The van der Waals surface area contributed by atoms with E-state index in [1.807, 2.05) is 24.3 Å². The fourth-order valence-corrected chi connectivity index (χ4v) is 2.91. The number of nitrogens with one attached hydrogen (secondary N) is 2. The number of halogens is 2. The summed E-state index contributed by atoms with van der Waals surface area (Å²) >= 11 is 5.12. The number of ether oxygens (including phenoxy) is 1. The average molecular weight is 368 g/mol. The second-order valence-electron chi connectivity index (χ2n) is 3.87. The maximum absolute atomic E-state index is 11.7. The van der Waals surface area contributed by atoms with Crippen molar-refractivity contribution in [3.8, 4) is 5.75 Å². The topological polar surface area (TPSA) is 50.4 Å². The summed E-state index contributed by atoms with van der Waals surface area (Å²) in [7, 11) is 0. The summed E-state index contributed by atoms with van der Waals surface area (Å²) in [5.41, 5.74) is 0. The van der Waals surface area contributed by atoms with Gasteiger partial charge in [-0.15, -0.1) is 24.2 Å². The number of hydrogen-bond donors (Lipinski definition) is 2. The lowest BCUT2D eigenvalue weighted by Crippen LogP contribution is -2.43. The van der Waals surface area contributed by atoms with Crippen LogP contribution in [0.4, 0.5) is 0 Å². The van der Waals surface area contributed by atoms with Crippen molar-refractivity contribution in [3.05, 3.63) is 28.7 Å². The molecule has 2 N–H and O–H groups in total. The molecule has 1 heterocycles. The highest BCUT2D eigenvalue weighted by Crippen LogP contribution is 2.17. The minimum atomic E-state index is -0.0548. The maximum atomic E-state index is 11.7. The van der Waals surface area contributed by atoms with E-state index in [1.165, 1.54) is 0 Å². The molecule has 0 spiro atoms. The predicted molar refractivity (Wildman–Crippen MR) is 84.1 cm³/mol. The fraction of sp³-hybridized carbons (Fsp3) is 0.417. The molecule has 106 valence electrons. The van der Waals surface area contributed by atoms with E-state index in [-0.39, 0.29) is 24.4 Å². The molecule has 0 radical (unpaired) electrons. The Morgan fingerprint density at radius 2 is 2.42 bits per heavy atom. The van der Waals surface area contributed by atoms with Crippen LogP contribution in [-0.4, -0.2) is 36.7 Å². The van der Waals surface area contributed by atoms with E-state index in [0.717, 1.165) is 21.9 Å². The molecule has 1 saturated heterocycles. The van der Waals surface area contributed by atoms with E-state index in [0.29, 0.717) is 13.2 Å². The van der Waals surface area contributed by atoms with Gasteiger partial charge in [-0.3, -0.25) is 10.1 Å². The SMILES string of the molecule is Cl.O=C(NCCOc1cccc(Br)c1)C1CSCN1. The van der Waals surface area contributed by atoms with Gasteiger partial charge in [0.1, 0.15) is 12.4 Å². The van der Waals surface area contributed by atoms with E-state index in [2.05, 4.69) is 26.6 Å². The van der Waals surface area contributed by atoms with E-state index in [4.69, 9.17) is 4.74 Å². The molecule has 19 heavy (non-hydrogen) atoms. The van der Waals surface area contributed by atoms with Crippen molar-refractivity contribution in [1.29, 1.82) is 0 Å². The van der Waals surface area contributed by atoms with Gasteiger partial charge in [-0.05, 0) is 18.2 Å². The summed E-state index contributed by atoms with van der Waals surface area (Å²) in [6.07, 6.45) is 0. The minimum Gasteiger partial charge on any atom is -0.492 e. The van der Waals surface area contributed by atoms with Gasteiger partial charge in [0, 0.05) is 16.1 Å². The van der Waals surface area contributed by atoms with Gasteiger partial charge < -0.3 is 10.1 Å². The zero-order chi connectivity index (χ0) is 12.8. The Balaban J connectivity index is 0.00000180. The molecule has 7 heteroatoms. The molecule has 2 rings (SSSR count). The number of benzene rings is 1. The van der Waals surface area contributed by atoms with Gasteiger partial charge >= 0.3 is 0 Å². The van der Waals surface area contributed by atoms with E-state index < -0.39 is 0 Å². The number of amides is 1. The van der Waals surface area contributed by atoms with Crippen LogP contribution in [0.1, 0.15) is 0 Å². The summed E-state index contributed by atoms with van der Waals surface area (Å²) in [6.45, 7) is 0.996. The normalized spacial score (nSPS) is 17.6. The van der Waals surface area contributed by atoms with Crippen molar-refractivity contribution < 1.29 is 9.53 Å². The van der Waals surface area contributed by atoms with Crippen LogP contribution < -0.4 is 15.4 Å². The van der Waals surface area contributed by atoms with E-state index in [9.17, 15) is 4.79 Å². The van der Waals surface area contributed by atoms with Crippen LogP contribution in [0.5, 0.6) is 5.75 Å². The first kappa shape index (κ1) is 16.6. The molecule has 0 saturated carbocycles. The van der Waals surface area contributed by atoms with Gasteiger partial charge in [0.2, 0.25) is 5.91 Å². The van der Waals surface area contributed by atoms with Crippen molar-refractivity contribution in [3.63, 3.8) is 0 Å². The molecule has 1 aromatic carbocycles. The lowest BCUT2D eigenvalue weighted by Gasteiger charge is -2.11. The number of rotatable bonds is 5. The molecule has 1 aliphatic heterocycles. The van der Waals surface area contributed by atoms with Crippen LogP contribution in [0.15, 0.2) is 28.7 Å². The molecular formula is C12H16BrClN2O2S. The molecule has 1 unspecified atom stereocenters. The van der Waals surface area contributed by atoms with Gasteiger partial charge in [0.15, 0.2) is 0 Å². The van der Waals surface area contributed by atoms with Crippen molar-refractivity contribution in [2.45, 2.75) is 6.04 Å². The summed E-state index contributed by atoms with van der Waals surface area (Å²) < 4.78 is 6.51. The van der Waals surface area contributed by atoms with E-state index >= 15 is 0 Å². The Bertz CT molecular complexity index is 416. The highest BCUT2D eigenvalue weighted by atomic mass is 79.9. The second kappa shape index (κ2) is 8.68. The first-order valence-electron chi connectivity index (χ1n) is 5.73. The summed E-state index contributed by atoms with van der Waals surface area (Å²) in [4.78, 5) is 11.7. The first-order chi connectivity index (χ1) is 8.75. The molecular weight excluding hydrogens is 352 g/mol. The number of thioether (sulfide) groups is 1. The Morgan fingerprint density at radius 1 is 1.58 bits per heavy atom. The number of carbonyl (C=O) groups excluding carboxylic acids is 1. The largest absolute Gasteiger partial charge is 0.492 e. The van der Waals surface area contributed by atoms with Crippen LogP contribution in [0.25, 0.3) is 0 Å². The Kier molecular flexibility index (Phi) is 7.60. The van der Waals surface area contributed by atoms with Crippen LogP contribution in [-0.2, 0) is 4.79 Å². The highest BCUT2D eigenvalue weighted by molar-refractivity contribution is 9.10. The number of hydrogen-bond acceptors (Lipinski definition) is 4. The zero-order valence-electron chi connectivity index (χ0n) is 10.2. The molecule has 1 fully saturated rings. The van der Waals surface area contributed by atoms with Crippen molar-refractivity contribution in [2.24, 2.45) is 0 Å². The van der Waals surface area contributed by atoms with Crippen molar-refractivity contribution in [2.75, 3.05) is 24.8 Å². The van der Waals surface area contributed by atoms with Gasteiger partial charge in [-0.1, -0.05) is 22.0 Å². The van der Waals surface area contributed by atoms with Gasteiger partial charge in [-0.25, -0.2) is 0 Å². The minimum absolute atomic E-state index is 0. The third-order valence-electron chi connectivity index (χ3n) is 2.50. The Labute approximate surface area is 131 Å². The zero-order valence-corrected chi connectivity index (χ0v) is 13.4. The van der Waals surface area contributed by atoms with Gasteiger partial charge in [0.25, 0.3) is 0 Å². The third kappa shape index (κ3) is 5.60. The number of carbonyl (C=O) groups is 1. The van der Waals surface area contributed by atoms with Crippen LogP contribution in [0.2, 0.25) is 0 Å². The van der Waals surface area contributed by atoms with Gasteiger partial charge in [0.05, 0.1) is 12.6 Å². The molecule has 0 bridgehead atoms. The molecule has 1 aliphatic rings. The van der Waals surface area contributed by atoms with Crippen LogP contribution in [0, 0.1) is 0 Å². The molecule has 0 aliphatic carbocycles. The predicted octanol–water partition coefficient (Wildman–Crippen LogP) is 2.03. The summed E-state index contributed by atoms with van der Waals surface area (Å²) in [5.74, 6) is 2.55. The third-order valence-corrected chi connectivity index (χ3v) is 3.93. The standard InChI is InChI=1S/C12H15BrN2O2S.ClH/c13-9-2-1-3-10(6-9)17-5-4-14-12(16)11-7-18-8-15-11;/h1-3,6,11,15H,4-5,7-8H2,(H,14,16);1H. The smallest absolute Gasteiger partial charge is 0.238 e. The van der Waals surface area contributed by atoms with E-state index in [1.54, 1.807) is 11.8 Å². The molecule has 0 aromatic heterocycles. The molecule has 1 aromatic rings. The van der Waals surface area contributed by atoms with Crippen LogP contribution >= 0.6 is 40.1 Å². The molecule has 1 atom stereocenters. The van der Waals surface area contributed by atoms with Crippen molar-refractivity contribution in [1.82, 2.24) is 10.6 Å². The summed E-state index contributed by atoms with van der Waals surface area (Å²) in [5, 5.41) is 5.98. The lowest BCUT2D eigenvalue weighted by molar-refractivity contribution is -0.122. The quantitative estimate of drug-likeness (QED) is 0.782. The first-order valence-corrected chi connectivity index (χ1v) is 7.68. The van der Waals surface area contributed by atoms with Gasteiger partial charge in [-0.2, -0.15) is 0 Å². The van der Waals surface area contributed by atoms with Crippen molar-refractivity contribution >= 4 is 46.0 Å².